The van der Waals surface area contributed by atoms with E-state index in [-0.39, 0.29) is 71.3 Å². The lowest BCUT2D eigenvalue weighted by atomic mass is 9.97. The summed E-state index contributed by atoms with van der Waals surface area (Å²) in [5.74, 6) is 11.0. The third-order valence-electron chi connectivity index (χ3n) is 13.8. The fourth-order valence-electron chi connectivity index (χ4n) is 9.40. The average Bonchev–Trinajstić information content (AvgIpc) is 3.22. The van der Waals surface area contributed by atoms with Gasteiger partial charge in [0.15, 0.2) is 0 Å². The van der Waals surface area contributed by atoms with Crippen molar-refractivity contribution in [2.75, 3.05) is 52.5 Å². The van der Waals surface area contributed by atoms with Crippen molar-refractivity contribution < 1.29 is 94.8 Å². The standard InChI is InChI=1S/C60H71N5O19/c1-3-49-53(71)55(73)57(75)59(83-49)81-47-16-12-38(13-17-47)8-10-41-26-43(61-45(28-41)32-64(22-24-79-77)34-51(67)68)30-63(21-20-40-6-4-37(2)5-7-40)31-44-27-42(29-46(62-44)33-65(23-25-80-78)35-52(69)70)11-9-39-14-18-48(19-15-39)82-60-58(76)56(74)54(72)50(36-66)84-60/h4-7,12-19,26-29,49-50,53-60,66,71-78H,3,20-25,30-36H2,1-2H3,(H,67,68)(H,69,70). The van der Waals surface area contributed by atoms with Crippen molar-refractivity contribution in [3.8, 4) is 35.2 Å². The van der Waals surface area contributed by atoms with Gasteiger partial charge in [0.1, 0.15) is 54.2 Å². The highest BCUT2D eigenvalue weighted by Gasteiger charge is 2.45. The summed E-state index contributed by atoms with van der Waals surface area (Å²) in [7, 11) is 0. The maximum Gasteiger partial charge on any atom is 0.317 e. The zero-order valence-electron chi connectivity index (χ0n) is 46.3. The Hall–Kier alpha value is -7.02. The zero-order chi connectivity index (χ0) is 60.3. The predicted octanol–water partition coefficient (Wildman–Crippen LogP) is 1.36. The number of carboxylic acids is 2. The number of hydrogen-bond acceptors (Lipinski definition) is 22. The second kappa shape index (κ2) is 31.8. The minimum absolute atomic E-state index is 0.0354. The highest BCUT2D eigenvalue weighted by molar-refractivity contribution is 5.69. The Bertz CT molecular complexity index is 2860. The monoisotopic (exact) mass is 1170 g/mol. The van der Waals surface area contributed by atoms with E-state index in [0.29, 0.717) is 70.2 Å². The Balaban J connectivity index is 1.21. The summed E-state index contributed by atoms with van der Waals surface area (Å²) < 4.78 is 22.8. The summed E-state index contributed by atoms with van der Waals surface area (Å²) >= 11 is 0. The van der Waals surface area contributed by atoms with Crippen LogP contribution in [-0.4, -0.2) is 207 Å². The second-order valence-corrected chi connectivity index (χ2v) is 20.4. The molecule has 2 fully saturated rings. The molecule has 0 radical (unpaired) electrons. The Morgan fingerprint density at radius 2 is 0.917 bits per heavy atom. The molecule has 0 bridgehead atoms. The topological polar surface area (TPSA) is 348 Å². The molecule has 84 heavy (non-hydrogen) atoms. The van der Waals surface area contributed by atoms with Gasteiger partial charge in [0.2, 0.25) is 12.6 Å². The minimum atomic E-state index is -1.62. The Morgan fingerprint density at radius 3 is 1.31 bits per heavy atom. The molecule has 7 rings (SSSR count). The summed E-state index contributed by atoms with van der Waals surface area (Å²) in [6.07, 6.45) is -12.6. The first-order valence-corrected chi connectivity index (χ1v) is 27.2. The molecule has 0 spiro atoms. The molecule has 3 aromatic carbocycles. The third kappa shape index (κ3) is 19.3. The number of hydrogen-bond donors (Lipinski definition) is 11. The number of aliphatic carboxylic acids is 2. The number of aliphatic hydroxyl groups excluding tert-OH is 7. The van der Waals surface area contributed by atoms with Crippen LogP contribution >= 0.6 is 0 Å². The number of aliphatic hydroxyl groups is 7. The van der Waals surface area contributed by atoms with Gasteiger partial charge in [0, 0.05) is 68.1 Å². The molecule has 2 aliphatic heterocycles. The molecule has 0 aliphatic carbocycles. The largest absolute Gasteiger partial charge is 0.480 e. The number of aryl methyl sites for hydroxylation is 1. The van der Waals surface area contributed by atoms with Crippen LogP contribution in [0.25, 0.3) is 0 Å². The van der Waals surface area contributed by atoms with Gasteiger partial charge in [-0.1, -0.05) is 60.4 Å². The molecule has 2 aliphatic rings. The van der Waals surface area contributed by atoms with Crippen LogP contribution in [0.3, 0.4) is 0 Å². The molecule has 10 unspecified atom stereocenters. The number of benzene rings is 3. The van der Waals surface area contributed by atoms with Crippen LogP contribution in [0.1, 0.15) is 69.5 Å². The Kier molecular flexibility index (Phi) is 24.4. The summed E-state index contributed by atoms with van der Waals surface area (Å²) in [5.41, 5.74) is 6.39. The molecule has 11 N–H and O–H groups in total. The molecule has 24 nitrogen and oxygen atoms in total. The van der Waals surface area contributed by atoms with Crippen LogP contribution in [0.15, 0.2) is 97.1 Å². The maximum absolute atomic E-state index is 12.0. The van der Waals surface area contributed by atoms with Crippen molar-refractivity contribution in [2.24, 2.45) is 0 Å². The van der Waals surface area contributed by atoms with Gasteiger partial charge in [-0.3, -0.25) is 44.8 Å². The summed E-state index contributed by atoms with van der Waals surface area (Å²) in [6, 6.07) is 28.3. The number of rotatable bonds is 27. The van der Waals surface area contributed by atoms with E-state index in [1.807, 2.05) is 43.3 Å². The predicted molar refractivity (Wildman–Crippen MR) is 297 cm³/mol. The molecular formula is C60H71N5O19. The highest BCUT2D eigenvalue weighted by atomic mass is 17.1. The summed E-state index contributed by atoms with van der Waals surface area (Å²) in [4.78, 5) is 47.8. The first-order chi connectivity index (χ1) is 40.4. The Labute approximate surface area is 485 Å². The third-order valence-corrected chi connectivity index (χ3v) is 13.8. The highest BCUT2D eigenvalue weighted by Crippen LogP contribution is 2.28. The number of carbonyl (C=O) groups is 2. The van der Waals surface area contributed by atoms with E-state index in [9.17, 15) is 66.1 Å². The van der Waals surface area contributed by atoms with Gasteiger partial charge < -0.3 is 64.9 Å². The quantitative estimate of drug-likeness (QED) is 0.0201. The van der Waals surface area contributed by atoms with Crippen LogP contribution in [0, 0.1) is 30.6 Å². The second-order valence-electron chi connectivity index (χ2n) is 20.4. The first kappa shape index (κ1) is 64.5. The van der Waals surface area contributed by atoms with Crippen LogP contribution in [-0.2, 0) is 61.4 Å². The van der Waals surface area contributed by atoms with Crippen molar-refractivity contribution in [1.82, 2.24) is 24.7 Å². The van der Waals surface area contributed by atoms with Crippen LogP contribution in [0.4, 0.5) is 0 Å². The average molecular weight is 1170 g/mol. The lowest BCUT2D eigenvalue weighted by Crippen LogP contribution is -2.60. The van der Waals surface area contributed by atoms with Crippen LogP contribution in [0.5, 0.6) is 11.5 Å². The molecular weight excluding hydrogens is 1090 g/mol. The fourth-order valence-corrected chi connectivity index (χ4v) is 9.40. The SMILES string of the molecule is CCC1OC(Oc2ccc(C#Cc3cc(CN(CCOO)CC(=O)O)nc(CN(CCc4ccc(C)cc4)Cc4cc(C#Cc5ccc(OC6OC(CO)C(O)C(O)C6O)cc5)cc(CN(CCOO)CC(=O)O)n4)c3)cc2)C(O)C(O)C1O. The molecule has 5 aromatic rings. The number of carboxylic acid groups (broad SMARTS) is 2. The first-order valence-electron chi connectivity index (χ1n) is 27.2. The van der Waals surface area contributed by atoms with Crippen LogP contribution in [0.2, 0.25) is 0 Å². The van der Waals surface area contributed by atoms with E-state index >= 15 is 0 Å². The van der Waals surface area contributed by atoms with E-state index in [1.165, 1.54) is 0 Å². The molecule has 2 aromatic heterocycles. The van der Waals surface area contributed by atoms with Crippen molar-refractivity contribution in [3.05, 3.63) is 153 Å². The number of aromatic nitrogens is 2. The fraction of sp³-hybridized carbons (Fsp3) is 0.433. The molecule has 4 heterocycles. The van der Waals surface area contributed by atoms with E-state index in [1.54, 1.807) is 77.4 Å². The lowest BCUT2D eigenvalue weighted by Gasteiger charge is -2.40. The van der Waals surface area contributed by atoms with Gasteiger partial charge in [0.05, 0.1) is 61.8 Å². The van der Waals surface area contributed by atoms with Gasteiger partial charge in [-0.2, -0.15) is 0 Å². The normalized spacial score (nSPS) is 22.3. The molecule has 24 heteroatoms. The Morgan fingerprint density at radius 1 is 0.524 bits per heavy atom. The molecule has 10 atom stereocenters. The number of nitrogens with zero attached hydrogens (tertiary/aromatic N) is 5. The number of ether oxygens (including phenoxy) is 4. The van der Waals surface area contributed by atoms with Gasteiger partial charge in [-0.05, 0) is 98.1 Å². The van der Waals surface area contributed by atoms with E-state index in [0.717, 1.165) is 11.1 Å². The van der Waals surface area contributed by atoms with Crippen LogP contribution < -0.4 is 9.47 Å². The van der Waals surface area contributed by atoms with E-state index in [4.69, 9.17) is 28.9 Å². The van der Waals surface area contributed by atoms with E-state index < -0.39 is 80.0 Å². The van der Waals surface area contributed by atoms with Gasteiger partial charge in [0.25, 0.3) is 0 Å². The molecule has 0 saturated carbocycles. The van der Waals surface area contributed by atoms with Crippen molar-refractivity contribution in [3.63, 3.8) is 0 Å². The maximum atomic E-state index is 12.0. The molecule has 0 amide bonds. The minimum Gasteiger partial charge on any atom is -0.480 e. The van der Waals surface area contributed by atoms with Gasteiger partial charge in [-0.25, -0.2) is 9.78 Å². The van der Waals surface area contributed by atoms with Gasteiger partial charge >= 0.3 is 11.9 Å². The lowest BCUT2D eigenvalue weighted by molar-refractivity contribution is -0.277. The van der Waals surface area contributed by atoms with Crippen molar-refractivity contribution in [1.29, 1.82) is 0 Å². The van der Waals surface area contributed by atoms with Crippen molar-refractivity contribution >= 4 is 11.9 Å². The smallest absolute Gasteiger partial charge is 0.317 e. The van der Waals surface area contributed by atoms with Crippen molar-refractivity contribution in [2.45, 2.75) is 114 Å². The molecule has 450 valence electrons. The zero-order valence-corrected chi connectivity index (χ0v) is 46.3. The summed E-state index contributed by atoms with van der Waals surface area (Å²) in [6.45, 7) is 3.15. The van der Waals surface area contributed by atoms with E-state index in [2.05, 4.69) is 38.4 Å². The number of pyridine rings is 2. The molecule has 2 saturated heterocycles. The van der Waals surface area contributed by atoms with Gasteiger partial charge in [-0.15, -0.1) is 0 Å². The summed E-state index contributed by atoms with van der Waals surface area (Å²) in [5, 5.41) is 110.